The Morgan fingerprint density at radius 3 is 2.78 bits per heavy atom. The van der Waals surface area contributed by atoms with Crippen molar-refractivity contribution < 1.29 is 0 Å². The van der Waals surface area contributed by atoms with E-state index in [0.29, 0.717) is 10.7 Å². The normalized spacial score (nSPS) is 10.7. The first kappa shape index (κ1) is 10.9. The second-order valence-corrected chi connectivity index (χ2v) is 4.24. The molecule has 0 bridgehead atoms. The zero-order chi connectivity index (χ0) is 12.5. The van der Waals surface area contributed by atoms with Gasteiger partial charge in [-0.3, -0.25) is 4.98 Å². The third-order valence-corrected chi connectivity index (χ3v) is 2.96. The molecule has 88 valence electrons. The molecular formula is C13H9ClN4. The number of hydrogen-bond acceptors (Lipinski definition) is 4. The molecule has 2 aromatic heterocycles. The number of nitrogen functional groups attached to an aromatic ring is 1. The van der Waals surface area contributed by atoms with Crippen LogP contribution < -0.4 is 5.73 Å². The Morgan fingerprint density at radius 1 is 1.06 bits per heavy atom. The Balaban J connectivity index is 2.35. The average molecular weight is 257 g/mol. The van der Waals surface area contributed by atoms with Gasteiger partial charge >= 0.3 is 0 Å². The van der Waals surface area contributed by atoms with E-state index in [0.717, 1.165) is 16.3 Å². The van der Waals surface area contributed by atoms with Gasteiger partial charge in [-0.1, -0.05) is 35.9 Å². The second-order valence-electron chi connectivity index (χ2n) is 3.83. The number of fused-ring (bicyclic) bond motifs is 1. The lowest BCUT2D eigenvalue weighted by atomic mass is 10.1. The highest BCUT2D eigenvalue weighted by Gasteiger charge is 2.10. The Hall–Kier alpha value is -2.20. The summed E-state index contributed by atoms with van der Waals surface area (Å²) in [4.78, 5) is 12.2. The minimum Gasteiger partial charge on any atom is -0.368 e. The lowest BCUT2D eigenvalue weighted by molar-refractivity contribution is 1.19. The summed E-state index contributed by atoms with van der Waals surface area (Å²) >= 11 is 6.12. The van der Waals surface area contributed by atoms with Crippen molar-refractivity contribution in [2.75, 3.05) is 5.73 Å². The highest BCUT2D eigenvalue weighted by atomic mass is 35.5. The molecule has 0 aliphatic heterocycles. The van der Waals surface area contributed by atoms with Crippen LogP contribution in [-0.4, -0.2) is 15.0 Å². The average Bonchev–Trinajstić information content (AvgIpc) is 2.41. The molecule has 0 amide bonds. The van der Waals surface area contributed by atoms with Crippen molar-refractivity contribution in [3.05, 3.63) is 47.9 Å². The Kier molecular flexibility index (Phi) is 2.57. The Morgan fingerprint density at radius 2 is 1.89 bits per heavy atom. The van der Waals surface area contributed by atoms with Gasteiger partial charge in [0.25, 0.3) is 0 Å². The number of aromatic nitrogens is 3. The van der Waals surface area contributed by atoms with Crippen LogP contribution in [0.2, 0.25) is 5.02 Å². The number of hydrogen-bond donors (Lipinski definition) is 1. The highest BCUT2D eigenvalue weighted by Crippen LogP contribution is 2.30. The zero-order valence-corrected chi connectivity index (χ0v) is 10.1. The van der Waals surface area contributed by atoms with Crippen molar-refractivity contribution in [2.45, 2.75) is 0 Å². The molecular weight excluding hydrogens is 248 g/mol. The van der Waals surface area contributed by atoms with Gasteiger partial charge < -0.3 is 5.73 Å². The van der Waals surface area contributed by atoms with E-state index in [9.17, 15) is 0 Å². The summed E-state index contributed by atoms with van der Waals surface area (Å²) in [6, 6.07) is 7.92. The molecule has 0 aliphatic carbocycles. The van der Waals surface area contributed by atoms with Gasteiger partial charge in [-0.15, -0.1) is 0 Å². The van der Waals surface area contributed by atoms with Crippen LogP contribution in [-0.2, 0) is 0 Å². The molecule has 5 heteroatoms. The molecule has 0 fully saturated rings. The maximum absolute atomic E-state index is 6.12. The maximum Gasteiger partial charge on any atom is 0.220 e. The molecule has 0 saturated carbocycles. The Labute approximate surface area is 108 Å². The van der Waals surface area contributed by atoms with Crippen LogP contribution in [0.25, 0.3) is 22.0 Å². The second kappa shape index (κ2) is 4.23. The van der Waals surface area contributed by atoms with Crippen LogP contribution in [0.15, 0.2) is 42.9 Å². The molecule has 2 N–H and O–H groups in total. The number of rotatable bonds is 1. The van der Waals surface area contributed by atoms with Crippen molar-refractivity contribution in [3.8, 4) is 11.3 Å². The fraction of sp³-hybridized carbons (Fsp3) is 0. The summed E-state index contributed by atoms with van der Waals surface area (Å²) in [5, 5.41) is 2.53. The van der Waals surface area contributed by atoms with Crippen LogP contribution in [0.1, 0.15) is 0 Å². The first-order valence-electron chi connectivity index (χ1n) is 5.37. The summed E-state index contributed by atoms with van der Waals surface area (Å²) in [6.07, 6.45) is 5.04. The van der Waals surface area contributed by atoms with Crippen LogP contribution in [0.3, 0.4) is 0 Å². The predicted octanol–water partition coefficient (Wildman–Crippen LogP) is 2.93. The van der Waals surface area contributed by atoms with E-state index in [4.69, 9.17) is 17.3 Å². The van der Waals surface area contributed by atoms with Gasteiger partial charge in [0.05, 0.1) is 16.9 Å². The maximum atomic E-state index is 6.12. The molecule has 3 rings (SSSR count). The lowest BCUT2D eigenvalue weighted by Gasteiger charge is -2.07. The van der Waals surface area contributed by atoms with E-state index in [1.165, 1.54) is 6.20 Å². The molecule has 0 radical (unpaired) electrons. The molecule has 0 atom stereocenters. The largest absolute Gasteiger partial charge is 0.368 e. The van der Waals surface area contributed by atoms with E-state index in [2.05, 4.69) is 15.0 Å². The summed E-state index contributed by atoms with van der Waals surface area (Å²) in [5.41, 5.74) is 7.07. The number of halogens is 1. The quantitative estimate of drug-likeness (QED) is 0.727. The molecule has 1 aromatic carbocycles. The molecule has 18 heavy (non-hydrogen) atoms. The van der Waals surface area contributed by atoms with Crippen molar-refractivity contribution >= 4 is 28.3 Å². The lowest BCUT2D eigenvalue weighted by Crippen LogP contribution is -1.97. The smallest absolute Gasteiger partial charge is 0.220 e. The summed E-state index contributed by atoms with van der Waals surface area (Å²) < 4.78 is 0. The van der Waals surface area contributed by atoms with Crippen molar-refractivity contribution in [1.29, 1.82) is 0 Å². The van der Waals surface area contributed by atoms with E-state index < -0.39 is 0 Å². The third kappa shape index (κ3) is 1.76. The van der Waals surface area contributed by atoms with Gasteiger partial charge in [-0.2, -0.15) is 0 Å². The van der Waals surface area contributed by atoms with Crippen LogP contribution in [0.5, 0.6) is 0 Å². The van der Waals surface area contributed by atoms with Gasteiger partial charge in [0.2, 0.25) is 5.95 Å². The van der Waals surface area contributed by atoms with Crippen molar-refractivity contribution in [2.24, 2.45) is 0 Å². The summed E-state index contributed by atoms with van der Waals surface area (Å²) in [6.45, 7) is 0. The SMILES string of the molecule is Nc1ncc(Cl)c(-c2cncc3ccccc23)n1. The van der Waals surface area contributed by atoms with Crippen molar-refractivity contribution in [1.82, 2.24) is 15.0 Å². The standard InChI is InChI=1S/C13H9ClN4/c14-11-7-17-13(15)18-12(11)10-6-16-5-8-3-1-2-4-9(8)10/h1-7H,(H2,15,17,18). The molecule has 0 aliphatic rings. The van der Waals surface area contributed by atoms with E-state index in [1.807, 2.05) is 24.3 Å². The molecule has 0 saturated heterocycles. The number of pyridine rings is 1. The predicted molar refractivity (Wildman–Crippen MR) is 72.2 cm³/mol. The molecule has 3 aromatic rings. The minimum absolute atomic E-state index is 0.197. The van der Waals surface area contributed by atoms with Crippen molar-refractivity contribution in [3.63, 3.8) is 0 Å². The first-order chi connectivity index (χ1) is 8.75. The monoisotopic (exact) mass is 256 g/mol. The number of benzene rings is 1. The van der Waals surface area contributed by atoms with Crippen LogP contribution in [0, 0.1) is 0 Å². The molecule has 4 nitrogen and oxygen atoms in total. The number of nitrogens with zero attached hydrogens (tertiary/aromatic N) is 3. The molecule has 0 unspecified atom stereocenters. The minimum atomic E-state index is 0.197. The van der Waals surface area contributed by atoms with E-state index >= 15 is 0 Å². The fourth-order valence-electron chi connectivity index (χ4n) is 1.87. The number of nitrogens with two attached hydrogens (primary N) is 1. The highest BCUT2D eigenvalue weighted by molar-refractivity contribution is 6.33. The van der Waals surface area contributed by atoms with Gasteiger partial charge in [0.15, 0.2) is 0 Å². The van der Waals surface area contributed by atoms with Gasteiger partial charge in [0, 0.05) is 23.3 Å². The van der Waals surface area contributed by atoms with Crippen LogP contribution >= 0.6 is 11.6 Å². The topological polar surface area (TPSA) is 64.7 Å². The first-order valence-corrected chi connectivity index (χ1v) is 5.74. The van der Waals surface area contributed by atoms with E-state index in [1.54, 1.807) is 12.4 Å². The molecule has 0 spiro atoms. The third-order valence-electron chi connectivity index (χ3n) is 2.69. The Bertz CT molecular complexity index is 722. The zero-order valence-electron chi connectivity index (χ0n) is 9.34. The van der Waals surface area contributed by atoms with Gasteiger partial charge in [-0.05, 0) is 5.39 Å². The van der Waals surface area contributed by atoms with E-state index in [-0.39, 0.29) is 5.95 Å². The van der Waals surface area contributed by atoms with Gasteiger partial charge in [-0.25, -0.2) is 9.97 Å². The van der Waals surface area contributed by atoms with Gasteiger partial charge in [0.1, 0.15) is 0 Å². The molecule has 2 heterocycles. The summed E-state index contributed by atoms with van der Waals surface area (Å²) in [5.74, 6) is 0.197. The number of anilines is 1. The summed E-state index contributed by atoms with van der Waals surface area (Å²) in [7, 11) is 0. The van der Waals surface area contributed by atoms with Crippen LogP contribution in [0.4, 0.5) is 5.95 Å². The fourth-order valence-corrected chi connectivity index (χ4v) is 2.07.